The monoisotopic (exact) mass is 243 g/mol. The third kappa shape index (κ3) is 4.10. The normalized spacial score (nSPS) is 14.8. The fourth-order valence-electron chi connectivity index (χ4n) is 1.38. The quantitative estimate of drug-likeness (QED) is 0.734. The standard InChI is InChI=1S/C12H18ClNO2/c1-9-5-11(13)4-3-10(9)6-14-7-12(2,16)8-15/h3-5,14-16H,6-8H2,1-2H3. The molecule has 3 N–H and O–H groups in total. The largest absolute Gasteiger partial charge is 0.393 e. The fourth-order valence-corrected chi connectivity index (χ4v) is 1.61. The highest BCUT2D eigenvalue weighted by Gasteiger charge is 2.17. The van der Waals surface area contributed by atoms with Gasteiger partial charge in [-0.2, -0.15) is 0 Å². The predicted octanol–water partition coefficient (Wildman–Crippen LogP) is 1.48. The molecule has 0 fully saturated rings. The van der Waals surface area contributed by atoms with E-state index in [0.29, 0.717) is 13.1 Å². The first kappa shape index (κ1) is 13.5. The zero-order chi connectivity index (χ0) is 12.2. The SMILES string of the molecule is Cc1cc(Cl)ccc1CNCC(C)(O)CO. The number of aliphatic hydroxyl groups is 2. The summed E-state index contributed by atoms with van der Waals surface area (Å²) in [5.74, 6) is 0. The van der Waals surface area contributed by atoms with E-state index in [1.165, 1.54) is 0 Å². The average molecular weight is 244 g/mol. The van der Waals surface area contributed by atoms with Crippen molar-refractivity contribution >= 4 is 11.6 Å². The molecule has 0 radical (unpaired) electrons. The summed E-state index contributed by atoms with van der Waals surface area (Å²) in [7, 11) is 0. The molecule has 1 unspecified atom stereocenters. The van der Waals surface area contributed by atoms with Crippen molar-refractivity contribution in [2.45, 2.75) is 26.0 Å². The Morgan fingerprint density at radius 2 is 2.12 bits per heavy atom. The molecular weight excluding hydrogens is 226 g/mol. The summed E-state index contributed by atoms with van der Waals surface area (Å²) in [4.78, 5) is 0. The molecule has 0 heterocycles. The van der Waals surface area contributed by atoms with Gasteiger partial charge in [0.15, 0.2) is 0 Å². The van der Waals surface area contributed by atoms with Gasteiger partial charge in [-0.1, -0.05) is 17.7 Å². The lowest BCUT2D eigenvalue weighted by Gasteiger charge is -2.21. The second-order valence-electron chi connectivity index (χ2n) is 4.33. The topological polar surface area (TPSA) is 52.5 Å². The number of hydrogen-bond acceptors (Lipinski definition) is 3. The summed E-state index contributed by atoms with van der Waals surface area (Å²) in [6, 6.07) is 5.71. The molecule has 3 nitrogen and oxygen atoms in total. The molecule has 0 saturated heterocycles. The highest BCUT2D eigenvalue weighted by atomic mass is 35.5. The van der Waals surface area contributed by atoms with Crippen molar-refractivity contribution in [3.8, 4) is 0 Å². The second-order valence-corrected chi connectivity index (χ2v) is 4.77. The van der Waals surface area contributed by atoms with E-state index in [0.717, 1.165) is 16.1 Å². The van der Waals surface area contributed by atoms with E-state index in [2.05, 4.69) is 5.32 Å². The maximum atomic E-state index is 9.58. The molecule has 0 aliphatic heterocycles. The Morgan fingerprint density at radius 3 is 2.69 bits per heavy atom. The number of nitrogens with one attached hydrogen (secondary N) is 1. The molecular formula is C12H18ClNO2. The third-order valence-electron chi connectivity index (χ3n) is 2.47. The highest BCUT2D eigenvalue weighted by molar-refractivity contribution is 6.30. The first-order valence-corrected chi connectivity index (χ1v) is 5.61. The van der Waals surface area contributed by atoms with Crippen LogP contribution in [0.3, 0.4) is 0 Å². The summed E-state index contributed by atoms with van der Waals surface area (Å²) in [5.41, 5.74) is 1.18. The van der Waals surface area contributed by atoms with Gasteiger partial charge in [0.1, 0.15) is 0 Å². The second kappa shape index (κ2) is 5.64. The van der Waals surface area contributed by atoms with E-state index in [-0.39, 0.29) is 6.61 Å². The van der Waals surface area contributed by atoms with Gasteiger partial charge in [-0.25, -0.2) is 0 Å². The van der Waals surface area contributed by atoms with Crippen LogP contribution in [0, 0.1) is 6.92 Å². The number of hydrogen-bond donors (Lipinski definition) is 3. The Hall–Kier alpha value is -0.610. The minimum absolute atomic E-state index is 0.250. The van der Waals surface area contributed by atoms with Gasteiger partial charge in [0.2, 0.25) is 0 Å². The van der Waals surface area contributed by atoms with Crippen molar-refractivity contribution in [3.63, 3.8) is 0 Å². The first-order valence-electron chi connectivity index (χ1n) is 5.23. The van der Waals surface area contributed by atoms with E-state index in [4.69, 9.17) is 16.7 Å². The van der Waals surface area contributed by atoms with E-state index < -0.39 is 5.60 Å². The molecule has 0 aromatic heterocycles. The molecule has 0 saturated carbocycles. The zero-order valence-electron chi connectivity index (χ0n) is 9.63. The van der Waals surface area contributed by atoms with E-state index in [1.807, 2.05) is 25.1 Å². The van der Waals surface area contributed by atoms with Gasteiger partial charge in [-0.3, -0.25) is 0 Å². The Morgan fingerprint density at radius 1 is 1.44 bits per heavy atom. The van der Waals surface area contributed by atoms with Crippen LogP contribution in [0.25, 0.3) is 0 Å². The maximum absolute atomic E-state index is 9.58. The lowest BCUT2D eigenvalue weighted by atomic mass is 10.1. The Labute approximate surface area is 101 Å². The number of benzene rings is 1. The Bertz CT molecular complexity index is 353. The van der Waals surface area contributed by atoms with Crippen LogP contribution in [0.4, 0.5) is 0 Å². The molecule has 0 spiro atoms. The van der Waals surface area contributed by atoms with Crippen LogP contribution in [-0.4, -0.2) is 29.0 Å². The van der Waals surface area contributed by atoms with Crippen molar-refractivity contribution in [2.75, 3.05) is 13.2 Å². The number of aliphatic hydroxyl groups excluding tert-OH is 1. The van der Waals surface area contributed by atoms with Crippen LogP contribution in [0.15, 0.2) is 18.2 Å². The first-order chi connectivity index (χ1) is 7.44. The van der Waals surface area contributed by atoms with Gasteiger partial charge in [0, 0.05) is 18.1 Å². The Kier molecular flexibility index (Phi) is 4.74. The van der Waals surface area contributed by atoms with Crippen molar-refractivity contribution in [1.82, 2.24) is 5.32 Å². The van der Waals surface area contributed by atoms with Crippen molar-refractivity contribution in [3.05, 3.63) is 34.3 Å². The maximum Gasteiger partial charge on any atom is 0.0972 e. The lowest BCUT2D eigenvalue weighted by Crippen LogP contribution is -2.40. The van der Waals surface area contributed by atoms with Crippen LogP contribution in [0.5, 0.6) is 0 Å². The molecule has 0 amide bonds. The molecule has 1 aromatic carbocycles. The van der Waals surface area contributed by atoms with Crippen LogP contribution >= 0.6 is 11.6 Å². The van der Waals surface area contributed by atoms with Gasteiger partial charge in [-0.15, -0.1) is 0 Å². The molecule has 16 heavy (non-hydrogen) atoms. The summed E-state index contributed by atoms with van der Waals surface area (Å²) in [6.07, 6.45) is 0. The molecule has 90 valence electrons. The number of rotatable bonds is 5. The molecule has 0 aliphatic carbocycles. The highest BCUT2D eigenvalue weighted by Crippen LogP contribution is 2.15. The van der Waals surface area contributed by atoms with E-state index in [9.17, 15) is 5.11 Å². The van der Waals surface area contributed by atoms with Crippen LogP contribution < -0.4 is 5.32 Å². The van der Waals surface area contributed by atoms with Gasteiger partial charge in [0.25, 0.3) is 0 Å². The van der Waals surface area contributed by atoms with Crippen molar-refractivity contribution in [2.24, 2.45) is 0 Å². The predicted molar refractivity (Wildman–Crippen MR) is 65.6 cm³/mol. The minimum Gasteiger partial charge on any atom is -0.393 e. The Balaban J connectivity index is 2.49. The van der Waals surface area contributed by atoms with E-state index >= 15 is 0 Å². The van der Waals surface area contributed by atoms with Crippen LogP contribution in [0.1, 0.15) is 18.1 Å². The van der Waals surface area contributed by atoms with Crippen molar-refractivity contribution < 1.29 is 10.2 Å². The summed E-state index contributed by atoms with van der Waals surface area (Å²) >= 11 is 5.85. The van der Waals surface area contributed by atoms with Gasteiger partial charge in [-0.05, 0) is 37.1 Å². The lowest BCUT2D eigenvalue weighted by molar-refractivity contribution is 0.00253. The third-order valence-corrected chi connectivity index (χ3v) is 2.70. The smallest absolute Gasteiger partial charge is 0.0972 e. The van der Waals surface area contributed by atoms with E-state index in [1.54, 1.807) is 6.92 Å². The van der Waals surface area contributed by atoms with Crippen molar-refractivity contribution in [1.29, 1.82) is 0 Å². The van der Waals surface area contributed by atoms with Gasteiger partial charge in [0.05, 0.1) is 12.2 Å². The molecule has 1 rings (SSSR count). The summed E-state index contributed by atoms with van der Waals surface area (Å²) in [5, 5.41) is 22.3. The molecule has 1 atom stereocenters. The summed E-state index contributed by atoms with van der Waals surface area (Å²) < 4.78 is 0. The summed E-state index contributed by atoms with van der Waals surface area (Å²) in [6.45, 7) is 4.34. The fraction of sp³-hybridized carbons (Fsp3) is 0.500. The minimum atomic E-state index is -1.07. The molecule has 0 bridgehead atoms. The average Bonchev–Trinajstić information content (AvgIpc) is 2.21. The van der Waals surface area contributed by atoms with Crippen LogP contribution in [0.2, 0.25) is 5.02 Å². The zero-order valence-corrected chi connectivity index (χ0v) is 10.4. The number of aryl methyl sites for hydroxylation is 1. The number of halogens is 1. The molecule has 0 aliphatic rings. The molecule has 1 aromatic rings. The molecule has 4 heteroatoms. The van der Waals surface area contributed by atoms with Gasteiger partial charge < -0.3 is 15.5 Å². The van der Waals surface area contributed by atoms with Crippen LogP contribution in [-0.2, 0) is 6.54 Å². The van der Waals surface area contributed by atoms with Gasteiger partial charge >= 0.3 is 0 Å².